The molecular weight excluding hydrogens is 292 g/mol. The molecule has 4 heteroatoms. The largest absolute Gasteiger partial charge is 0.308 e. The number of fused-ring (bicyclic) bond motifs is 1. The molecule has 0 fully saturated rings. The lowest BCUT2D eigenvalue weighted by Crippen LogP contribution is -2.15. The van der Waals surface area contributed by atoms with Gasteiger partial charge >= 0.3 is 4.87 Å². The number of nitriles is 1. The highest BCUT2D eigenvalue weighted by atomic mass is 32.1. The molecule has 3 nitrogen and oxygen atoms in total. The number of nitrogens with zero attached hydrogens (tertiary/aromatic N) is 2. The molecule has 0 radical (unpaired) electrons. The number of aromatic nitrogens is 1. The summed E-state index contributed by atoms with van der Waals surface area (Å²) >= 11 is 1.27. The zero-order chi connectivity index (χ0) is 15.7. The molecular formula is C18H16N2OS. The molecule has 0 unspecified atom stereocenters. The van der Waals surface area contributed by atoms with Gasteiger partial charge in [0.1, 0.15) is 0 Å². The first-order valence-electron chi connectivity index (χ1n) is 7.23. The maximum Gasteiger partial charge on any atom is 0.308 e. The van der Waals surface area contributed by atoms with Crippen LogP contribution < -0.4 is 4.87 Å². The summed E-state index contributed by atoms with van der Waals surface area (Å²) in [5.41, 5.74) is 3.50. The second kappa shape index (κ2) is 5.78. The molecule has 0 N–H and O–H groups in total. The summed E-state index contributed by atoms with van der Waals surface area (Å²) in [5, 5.41) is 9.24. The average Bonchev–Trinajstić information content (AvgIpc) is 2.82. The molecule has 3 rings (SSSR count). The summed E-state index contributed by atoms with van der Waals surface area (Å²) in [6, 6.07) is 15.7. The summed E-state index contributed by atoms with van der Waals surface area (Å²) in [7, 11) is 0. The van der Waals surface area contributed by atoms with Crippen LogP contribution in [0.4, 0.5) is 0 Å². The van der Waals surface area contributed by atoms with E-state index in [-0.39, 0.29) is 4.87 Å². The minimum absolute atomic E-state index is 0.0782. The van der Waals surface area contributed by atoms with E-state index in [2.05, 4.69) is 19.9 Å². The van der Waals surface area contributed by atoms with Crippen molar-refractivity contribution in [2.24, 2.45) is 5.92 Å². The Morgan fingerprint density at radius 1 is 1.23 bits per heavy atom. The Labute approximate surface area is 133 Å². The molecule has 3 aromatic rings. The van der Waals surface area contributed by atoms with Crippen molar-refractivity contribution in [3.8, 4) is 17.2 Å². The standard InChI is InChI=1S/C18H16N2OS/c1-12(2)11-20-16-8-7-13(9-17(16)22-18(20)21)15-6-4-3-5-14(15)10-19/h3-9,12H,11H2,1-2H3. The van der Waals surface area contributed by atoms with Crippen LogP contribution in [0.25, 0.3) is 21.3 Å². The third kappa shape index (κ3) is 2.56. The zero-order valence-corrected chi connectivity index (χ0v) is 13.4. The van der Waals surface area contributed by atoms with Crippen LogP contribution in [0.3, 0.4) is 0 Å². The van der Waals surface area contributed by atoms with Crippen LogP contribution in [0, 0.1) is 17.2 Å². The Kier molecular flexibility index (Phi) is 3.82. The molecule has 0 amide bonds. The third-order valence-corrected chi connectivity index (χ3v) is 4.52. The van der Waals surface area contributed by atoms with Gasteiger partial charge < -0.3 is 0 Å². The molecule has 0 aliphatic carbocycles. The summed E-state index contributed by atoms with van der Waals surface area (Å²) in [5.74, 6) is 0.425. The van der Waals surface area contributed by atoms with Crippen molar-refractivity contribution < 1.29 is 0 Å². The molecule has 22 heavy (non-hydrogen) atoms. The van der Waals surface area contributed by atoms with Gasteiger partial charge in [0.25, 0.3) is 0 Å². The molecule has 0 spiro atoms. The number of benzene rings is 2. The van der Waals surface area contributed by atoms with Gasteiger partial charge in [-0.1, -0.05) is 49.4 Å². The lowest BCUT2D eigenvalue weighted by molar-refractivity contribution is 0.529. The van der Waals surface area contributed by atoms with E-state index in [9.17, 15) is 10.1 Å². The molecule has 0 aliphatic heterocycles. The maximum atomic E-state index is 12.2. The van der Waals surface area contributed by atoms with E-state index in [1.165, 1.54) is 11.3 Å². The Hall–Kier alpha value is -2.38. The lowest BCUT2D eigenvalue weighted by atomic mass is 10.0. The zero-order valence-electron chi connectivity index (χ0n) is 12.5. The summed E-state index contributed by atoms with van der Waals surface area (Å²) in [6.07, 6.45) is 0. The molecule has 0 bridgehead atoms. The summed E-state index contributed by atoms with van der Waals surface area (Å²) in [6.45, 7) is 4.94. The topological polar surface area (TPSA) is 45.8 Å². The molecule has 2 aromatic carbocycles. The predicted octanol–water partition coefficient (Wildman–Crippen LogP) is 4.26. The normalized spacial score (nSPS) is 11.0. The molecule has 0 saturated carbocycles. The van der Waals surface area contributed by atoms with Gasteiger partial charge in [-0.15, -0.1) is 0 Å². The number of rotatable bonds is 3. The van der Waals surface area contributed by atoms with Crippen molar-refractivity contribution in [1.29, 1.82) is 5.26 Å². The van der Waals surface area contributed by atoms with Gasteiger partial charge in [0.05, 0.1) is 21.8 Å². The molecule has 0 atom stereocenters. The summed E-state index contributed by atoms with van der Waals surface area (Å²) in [4.78, 5) is 12.3. The van der Waals surface area contributed by atoms with E-state index in [1.54, 1.807) is 0 Å². The first kappa shape index (κ1) is 14.6. The van der Waals surface area contributed by atoms with Crippen LogP contribution in [0.2, 0.25) is 0 Å². The van der Waals surface area contributed by atoms with E-state index in [0.29, 0.717) is 11.5 Å². The van der Waals surface area contributed by atoms with Crippen LogP contribution in [-0.2, 0) is 6.54 Å². The molecule has 0 saturated heterocycles. The fourth-order valence-corrected chi connectivity index (χ4v) is 3.54. The summed E-state index contributed by atoms with van der Waals surface area (Å²) < 4.78 is 2.81. The Balaban J connectivity index is 2.16. The SMILES string of the molecule is CC(C)Cn1c(=O)sc2cc(-c3ccccc3C#N)ccc21. The minimum atomic E-state index is 0.0782. The van der Waals surface area contributed by atoms with E-state index in [0.717, 1.165) is 27.9 Å². The molecule has 1 aromatic heterocycles. The van der Waals surface area contributed by atoms with Gasteiger partial charge in [-0.25, -0.2) is 0 Å². The van der Waals surface area contributed by atoms with Crippen molar-refractivity contribution >= 4 is 21.6 Å². The van der Waals surface area contributed by atoms with Gasteiger partial charge in [-0.3, -0.25) is 9.36 Å². The van der Waals surface area contributed by atoms with Gasteiger partial charge in [0.2, 0.25) is 0 Å². The van der Waals surface area contributed by atoms with E-state index < -0.39 is 0 Å². The second-order valence-corrected chi connectivity index (χ2v) is 6.71. The monoisotopic (exact) mass is 308 g/mol. The van der Waals surface area contributed by atoms with Gasteiger partial charge in [-0.05, 0) is 35.2 Å². The van der Waals surface area contributed by atoms with Crippen LogP contribution >= 0.6 is 11.3 Å². The molecule has 0 aliphatic rings. The second-order valence-electron chi connectivity index (χ2n) is 5.71. The van der Waals surface area contributed by atoms with E-state index in [4.69, 9.17) is 0 Å². The number of hydrogen-bond donors (Lipinski definition) is 0. The van der Waals surface area contributed by atoms with Crippen LogP contribution in [0.1, 0.15) is 19.4 Å². The first-order valence-corrected chi connectivity index (χ1v) is 8.04. The van der Waals surface area contributed by atoms with Crippen LogP contribution in [0.5, 0.6) is 0 Å². The minimum Gasteiger partial charge on any atom is -0.298 e. The number of hydrogen-bond acceptors (Lipinski definition) is 3. The highest BCUT2D eigenvalue weighted by Gasteiger charge is 2.11. The fourth-order valence-electron chi connectivity index (χ4n) is 2.60. The van der Waals surface area contributed by atoms with Crippen molar-refractivity contribution in [2.45, 2.75) is 20.4 Å². The van der Waals surface area contributed by atoms with Crippen molar-refractivity contribution in [2.75, 3.05) is 0 Å². The maximum absolute atomic E-state index is 12.2. The first-order chi connectivity index (χ1) is 10.6. The van der Waals surface area contributed by atoms with Crippen LogP contribution in [0.15, 0.2) is 47.3 Å². The predicted molar refractivity (Wildman–Crippen MR) is 91.1 cm³/mol. The van der Waals surface area contributed by atoms with Gasteiger partial charge in [-0.2, -0.15) is 5.26 Å². The number of thiazole rings is 1. The Morgan fingerprint density at radius 3 is 2.73 bits per heavy atom. The smallest absolute Gasteiger partial charge is 0.298 e. The van der Waals surface area contributed by atoms with E-state index >= 15 is 0 Å². The van der Waals surface area contributed by atoms with E-state index in [1.807, 2.05) is 47.0 Å². The quantitative estimate of drug-likeness (QED) is 0.726. The Bertz CT molecular complexity index is 928. The molecule has 110 valence electrons. The van der Waals surface area contributed by atoms with Crippen molar-refractivity contribution in [3.05, 3.63) is 57.7 Å². The molecule has 1 heterocycles. The third-order valence-electron chi connectivity index (χ3n) is 3.57. The highest BCUT2D eigenvalue weighted by Crippen LogP contribution is 2.28. The van der Waals surface area contributed by atoms with Gasteiger partial charge in [0, 0.05) is 6.54 Å². The highest BCUT2D eigenvalue weighted by molar-refractivity contribution is 7.16. The van der Waals surface area contributed by atoms with Crippen molar-refractivity contribution in [1.82, 2.24) is 4.57 Å². The Morgan fingerprint density at radius 2 is 2.00 bits per heavy atom. The van der Waals surface area contributed by atoms with Crippen LogP contribution in [-0.4, -0.2) is 4.57 Å². The lowest BCUT2D eigenvalue weighted by Gasteiger charge is -2.08. The van der Waals surface area contributed by atoms with Gasteiger partial charge in [0.15, 0.2) is 0 Å². The van der Waals surface area contributed by atoms with Crippen molar-refractivity contribution in [3.63, 3.8) is 0 Å². The fraction of sp³-hybridized carbons (Fsp3) is 0.222. The average molecular weight is 308 g/mol.